The van der Waals surface area contributed by atoms with E-state index >= 15 is 0 Å². The molecule has 0 spiro atoms. The molecule has 0 radical (unpaired) electrons. The van der Waals surface area contributed by atoms with Gasteiger partial charge in [-0.15, -0.1) is 0 Å². The number of carbonyl (C=O) groups is 1. The Morgan fingerprint density at radius 1 is 1.38 bits per heavy atom. The van der Waals surface area contributed by atoms with Crippen LogP contribution in [0, 0.1) is 19.7 Å². The van der Waals surface area contributed by atoms with Gasteiger partial charge >= 0.3 is 5.97 Å². The SMILES string of the molecule is Cc1nn(C)c(C)c1CNCc1ccc(C(=O)O)c(F)c1. The van der Waals surface area contributed by atoms with E-state index in [1.165, 1.54) is 12.1 Å². The van der Waals surface area contributed by atoms with Crippen molar-refractivity contribution in [2.24, 2.45) is 7.05 Å². The maximum atomic E-state index is 13.6. The Morgan fingerprint density at radius 3 is 2.62 bits per heavy atom. The second-order valence-corrected chi connectivity index (χ2v) is 5.00. The number of rotatable bonds is 5. The number of halogens is 1. The van der Waals surface area contributed by atoms with Crippen molar-refractivity contribution in [1.29, 1.82) is 0 Å². The Kier molecular flexibility index (Phi) is 4.37. The molecule has 2 rings (SSSR count). The number of hydrogen-bond acceptors (Lipinski definition) is 3. The summed E-state index contributed by atoms with van der Waals surface area (Å²) in [4.78, 5) is 10.7. The maximum Gasteiger partial charge on any atom is 0.338 e. The molecule has 0 unspecified atom stereocenters. The molecule has 0 saturated carbocycles. The fourth-order valence-corrected chi connectivity index (χ4v) is 2.25. The monoisotopic (exact) mass is 291 g/mol. The van der Waals surface area contributed by atoms with Crippen molar-refractivity contribution >= 4 is 5.97 Å². The van der Waals surface area contributed by atoms with Crippen molar-refractivity contribution in [2.75, 3.05) is 0 Å². The molecule has 1 aromatic carbocycles. The normalized spacial score (nSPS) is 10.9. The van der Waals surface area contributed by atoms with Gasteiger partial charge in [0.1, 0.15) is 5.82 Å². The van der Waals surface area contributed by atoms with Crippen LogP contribution in [0.5, 0.6) is 0 Å². The highest BCUT2D eigenvalue weighted by molar-refractivity contribution is 5.87. The van der Waals surface area contributed by atoms with E-state index in [0.29, 0.717) is 18.7 Å². The van der Waals surface area contributed by atoms with Crippen molar-refractivity contribution in [2.45, 2.75) is 26.9 Å². The molecular formula is C15H18FN3O2. The van der Waals surface area contributed by atoms with Crippen molar-refractivity contribution in [3.8, 4) is 0 Å². The van der Waals surface area contributed by atoms with E-state index in [1.54, 1.807) is 6.07 Å². The molecule has 0 amide bonds. The first-order valence-electron chi connectivity index (χ1n) is 6.61. The van der Waals surface area contributed by atoms with Crippen molar-refractivity contribution < 1.29 is 14.3 Å². The van der Waals surface area contributed by atoms with Crippen molar-refractivity contribution in [3.05, 3.63) is 52.1 Å². The molecule has 0 atom stereocenters. The zero-order chi connectivity index (χ0) is 15.6. The predicted molar refractivity (Wildman–Crippen MR) is 76.6 cm³/mol. The molecule has 112 valence electrons. The fourth-order valence-electron chi connectivity index (χ4n) is 2.25. The number of carboxylic acid groups (broad SMARTS) is 1. The molecule has 0 bridgehead atoms. The summed E-state index contributed by atoms with van der Waals surface area (Å²) in [6.45, 7) is 5.04. The van der Waals surface area contributed by atoms with Gasteiger partial charge < -0.3 is 10.4 Å². The van der Waals surface area contributed by atoms with E-state index in [0.717, 1.165) is 17.0 Å². The summed E-state index contributed by atoms with van der Waals surface area (Å²) in [6.07, 6.45) is 0. The van der Waals surface area contributed by atoms with Crippen LogP contribution in [0.2, 0.25) is 0 Å². The summed E-state index contributed by atoms with van der Waals surface area (Å²) >= 11 is 0. The van der Waals surface area contributed by atoms with Crippen LogP contribution in [-0.2, 0) is 20.1 Å². The minimum absolute atomic E-state index is 0.308. The van der Waals surface area contributed by atoms with Crippen LogP contribution in [0.1, 0.15) is 32.9 Å². The molecule has 0 aliphatic heterocycles. The van der Waals surface area contributed by atoms with Gasteiger partial charge in [0, 0.05) is 31.4 Å². The first-order chi connectivity index (χ1) is 9.90. The van der Waals surface area contributed by atoms with E-state index in [1.807, 2.05) is 25.6 Å². The summed E-state index contributed by atoms with van der Waals surface area (Å²) in [7, 11) is 1.89. The van der Waals surface area contributed by atoms with Crippen LogP contribution >= 0.6 is 0 Å². The summed E-state index contributed by atoms with van der Waals surface area (Å²) in [5.41, 5.74) is 3.58. The number of carboxylic acids is 1. The number of hydrogen-bond donors (Lipinski definition) is 2. The Hall–Kier alpha value is -2.21. The summed E-state index contributed by atoms with van der Waals surface area (Å²) in [6, 6.07) is 4.15. The molecule has 2 aromatic rings. The van der Waals surface area contributed by atoms with Gasteiger partial charge in [0.2, 0.25) is 0 Å². The molecule has 5 nitrogen and oxygen atoms in total. The lowest BCUT2D eigenvalue weighted by atomic mass is 10.1. The molecule has 6 heteroatoms. The highest BCUT2D eigenvalue weighted by Crippen LogP contribution is 2.13. The second kappa shape index (κ2) is 6.05. The van der Waals surface area contributed by atoms with Gasteiger partial charge in [-0.2, -0.15) is 5.10 Å². The molecular weight excluding hydrogens is 273 g/mol. The second-order valence-electron chi connectivity index (χ2n) is 5.00. The van der Waals surface area contributed by atoms with Crippen molar-refractivity contribution in [3.63, 3.8) is 0 Å². The van der Waals surface area contributed by atoms with Crippen molar-refractivity contribution in [1.82, 2.24) is 15.1 Å². The quantitative estimate of drug-likeness (QED) is 0.886. The zero-order valence-electron chi connectivity index (χ0n) is 12.3. The lowest BCUT2D eigenvalue weighted by Crippen LogP contribution is -2.14. The number of aromatic nitrogens is 2. The minimum Gasteiger partial charge on any atom is -0.478 e. The average Bonchev–Trinajstić information content (AvgIpc) is 2.64. The number of aromatic carboxylic acids is 1. The van der Waals surface area contributed by atoms with Gasteiger partial charge in [-0.25, -0.2) is 9.18 Å². The van der Waals surface area contributed by atoms with Gasteiger partial charge in [0.15, 0.2) is 0 Å². The van der Waals surface area contributed by atoms with Gasteiger partial charge in [0.25, 0.3) is 0 Å². The first-order valence-corrected chi connectivity index (χ1v) is 6.61. The number of nitrogens with zero attached hydrogens (tertiary/aromatic N) is 2. The van der Waals surface area contributed by atoms with Crippen LogP contribution in [0.3, 0.4) is 0 Å². The van der Waals surface area contributed by atoms with E-state index in [9.17, 15) is 9.18 Å². The third kappa shape index (κ3) is 3.28. The molecule has 2 N–H and O–H groups in total. The fraction of sp³-hybridized carbons (Fsp3) is 0.333. The van der Waals surface area contributed by atoms with Crippen LogP contribution in [0.25, 0.3) is 0 Å². The third-order valence-corrected chi connectivity index (χ3v) is 3.55. The van der Waals surface area contributed by atoms with Gasteiger partial charge in [-0.3, -0.25) is 4.68 Å². The third-order valence-electron chi connectivity index (χ3n) is 3.55. The van der Waals surface area contributed by atoms with Gasteiger partial charge in [-0.05, 0) is 31.5 Å². The smallest absolute Gasteiger partial charge is 0.338 e. The van der Waals surface area contributed by atoms with Crippen LogP contribution in [0.15, 0.2) is 18.2 Å². The van der Waals surface area contributed by atoms with Gasteiger partial charge in [0.05, 0.1) is 11.3 Å². The molecule has 0 fully saturated rings. The van der Waals surface area contributed by atoms with E-state index < -0.39 is 11.8 Å². The number of aryl methyl sites for hydroxylation is 2. The molecule has 21 heavy (non-hydrogen) atoms. The van der Waals surface area contributed by atoms with E-state index in [-0.39, 0.29) is 5.56 Å². The first kappa shape index (κ1) is 15.2. The summed E-state index contributed by atoms with van der Waals surface area (Å²) in [5.74, 6) is -1.97. The van der Waals surface area contributed by atoms with Crippen LogP contribution in [0.4, 0.5) is 4.39 Å². The zero-order valence-corrected chi connectivity index (χ0v) is 12.3. The predicted octanol–water partition coefficient (Wildman–Crippen LogP) is 2.16. The molecule has 0 aliphatic carbocycles. The number of nitrogens with one attached hydrogen (secondary N) is 1. The summed E-state index contributed by atoms with van der Waals surface area (Å²) < 4.78 is 15.4. The lowest BCUT2D eigenvalue weighted by Gasteiger charge is -2.07. The number of benzene rings is 1. The molecule has 1 heterocycles. The summed E-state index contributed by atoms with van der Waals surface area (Å²) in [5, 5.41) is 16.3. The Bertz CT molecular complexity index is 680. The Balaban J connectivity index is 2.01. The van der Waals surface area contributed by atoms with Gasteiger partial charge in [-0.1, -0.05) is 6.07 Å². The largest absolute Gasteiger partial charge is 0.478 e. The highest BCUT2D eigenvalue weighted by Gasteiger charge is 2.11. The maximum absolute atomic E-state index is 13.6. The van der Waals surface area contributed by atoms with E-state index in [2.05, 4.69) is 10.4 Å². The topological polar surface area (TPSA) is 67.2 Å². The minimum atomic E-state index is -1.26. The Labute approximate surface area is 122 Å². The molecule has 1 aromatic heterocycles. The highest BCUT2D eigenvalue weighted by atomic mass is 19.1. The van der Waals surface area contributed by atoms with E-state index in [4.69, 9.17) is 5.11 Å². The lowest BCUT2D eigenvalue weighted by molar-refractivity contribution is 0.0692. The molecule has 0 saturated heterocycles. The van der Waals surface area contributed by atoms with Crippen LogP contribution < -0.4 is 5.32 Å². The average molecular weight is 291 g/mol. The standard InChI is InChI=1S/C15H18FN3O2/c1-9-13(10(2)19(3)18-9)8-17-7-11-4-5-12(15(20)21)14(16)6-11/h4-6,17H,7-8H2,1-3H3,(H,20,21). The molecule has 0 aliphatic rings. The Morgan fingerprint density at radius 2 is 2.10 bits per heavy atom. The van der Waals surface area contributed by atoms with Crippen LogP contribution in [-0.4, -0.2) is 20.9 Å².